The minimum absolute atomic E-state index is 0.104. The predicted molar refractivity (Wildman–Crippen MR) is 153 cm³/mol. The third-order valence-electron chi connectivity index (χ3n) is 6.27. The number of amides is 1. The van der Waals surface area contributed by atoms with Gasteiger partial charge in [-0.15, -0.1) is 0 Å². The number of alkyl carbamates (subject to hydrolysis) is 1. The zero-order chi connectivity index (χ0) is 27.5. The highest BCUT2D eigenvalue weighted by Gasteiger charge is 2.40. The molecule has 3 aromatic carbocycles. The third-order valence-corrected chi connectivity index (χ3v) is 8.35. The lowest BCUT2D eigenvalue weighted by Gasteiger charge is -2.28. The van der Waals surface area contributed by atoms with Crippen LogP contribution in [0.15, 0.2) is 78.9 Å². The van der Waals surface area contributed by atoms with Crippen LogP contribution in [-0.2, 0) is 15.9 Å². The molecule has 0 aliphatic heterocycles. The summed E-state index contributed by atoms with van der Waals surface area (Å²) in [5, 5.41) is 2.79. The van der Waals surface area contributed by atoms with E-state index < -0.39 is 19.5 Å². The van der Waals surface area contributed by atoms with Crippen LogP contribution in [0.25, 0.3) is 0 Å². The van der Waals surface area contributed by atoms with E-state index in [1.165, 1.54) is 0 Å². The molecule has 0 aliphatic carbocycles. The molecule has 0 aromatic heterocycles. The number of benzene rings is 3. The molecule has 204 valence electrons. The molecule has 0 saturated carbocycles. The molecular formula is C31H40NO5P. The summed E-state index contributed by atoms with van der Waals surface area (Å²) >= 11 is 0. The molecule has 0 aliphatic rings. The highest BCUT2D eigenvalue weighted by molar-refractivity contribution is 7.55. The van der Waals surface area contributed by atoms with Crippen LogP contribution in [0, 0.1) is 0 Å². The minimum Gasteiger partial charge on any atom is -0.445 e. The maximum Gasteiger partial charge on any atom is 0.453 e. The largest absolute Gasteiger partial charge is 0.453 e. The van der Waals surface area contributed by atoms with E-state index in [9.17, 15) is 9.36 Å². The summed E-state index contributed by atoms with van der Waals surface area (Å²) in [6.45, 7) is 10.6. The van der Waals surface area contributed by atoms with Crippen LogP contribution in [-0.4, -0.2) is 11.9 Å². The van der Waals surface area contributed by atoms with Gasteiger partial charge in [0, 0.05) is 0 Å². The first kappa shape index (κ1) is 29.3. The number of hydrogen-bond acceptors (Lipinski definition) is 5. The number of carbonyl (C=O) groups is 1. The molecule has 6 nitrogen and oxygen atoms in total. The number of ether oxygens (including phenoxy) is 1. The lowest BCUT2D eigenvalue weighted by molar-refractivity contribution is 0.136. The van der Waals surface area contributed by atoms with Crippen LogP contribution < -0.4 is 14.4 Å². The molecule has 0 fully saturated rings. The van der Waals surface area contributed by atoms with Gasteiger partial charge in [-0.25, -0.2) is 9.36 Å². The molecule has 1 amide bonds. The van der Waals surface area contributed by atoms with E-state index in [1.54, 1.807) is 24.3 Å². The monoisotopic (exact) mass is 537 g/mol. The Kier molecular flexibility index (Phi) is 10.8. The molecule has 3 aromatic rings. The van der Waals surface area contributed by atoms with Gasteiger partial charge in [0.15, 0.2) is 5.78 Å². The Morgan fingerprint density at radius 1 is 0.789 bits per heavy atom. The van der Waals surface area contributed by atoms with E-state index in [0.29, 0.717) is 29.8 Å². The van der Waals surface area contributed by atoms with Crippen LogP contribution in [0.4, 0.5) is 4.79 Å². The standard InChI is InChI=1S/C31H40NO5P/c1-6-7-13-30(32-31(33)35-22-25-11-9-8-10-12-25)38(34,36-28-18-14-26(15-19-28)23(2)3)37-29-20-16-27(17-21-29)24(4)5/h8-12,14-21,23-24,30H,6-7,13,22H2,1-5H3,(H,32,33)/t30-/m0/s1. The van der Waals surface area contributed by atoms with Gasteiger partial charge in [-0.3, -0.25) is 0 Å². The lowest BCUT2D eigenvalue weighted by atomic mass is 10.0. The van der Waals surface area contributed by atoms with Crippen LogP contribution in [0.3, 0.4) is 0 Å². The lowest BCUT2D eigenvalue weighted by Crippen LogP contribution is -2.37. The van der Waals surface area contributed by atoms with Crippen LogP contribution in [0.5, 0.6) is 11.5 Å². The Balaban J connectivity index is 1.87. The minimum atomic E-state index is -3.94. The Morgan fingerprint density at radius 2 is 1.29 bits per heavy atom. The zero-order valence-corrected chi connectivity index (χ0v) is 23.9. The molecule has 0 bridgehead atoms. The van der Waals surface area contributed by atoms with Gasteiger partial charge in [-0.05, 0) is 59.2 Å². The van der Waals surface area contributed by atoms with E-state index in [0.717, 1.165) is 29.5 Å². The van der Waals surface area contributed by atoms with Crippen molar-refractivity contribution in [2.75, 3.05) is 0 Å². The van der Waals surface area contributed by atoms with E-state index in [4.69, 9.17) is 13.8 Å². The number of unbranched alkanes of at least 4 members (excludes halogenated alkanes) is 1. The molecule has 7 heteroatoms. The van der Waals surface area contributed by atoms with E-state index in [-0.39, 0.29) is 6.61 Å². The quantitative estimate of drug-likeness (QED) is 0.220. The second kappa shape index (κ2) is 14.1. The summed E-state index contributed by atoms with van der Waals surface area (Å²) in [5.41, 5.74) is 3.14. The molecule has 38 heavy (non-hydrogen) atoms. The maximum absolute atomic E-state index is 14.5. The van der Waals surface area contributed by atoms with Gasteiger partial charge in [-0.2, -0.15) is 0 Å². The molecule has 0 heterocycles. The van der Waals surface area contributed by atoms with Crippen molar-refractivity contribution in [3.8, 4) is 11.5 Å². The summed E-state index contributed by atoms with van der Waals surface area (Å²) in [6.07, 6.45) is 1.30. The molecule has 0 spiro atoms. The van der Waals surface area contributed by atoms with Gasteiger partial charge in [0.25, 0.3) is 0 Å². The van der Waals surface area contributed by atoms with Crippen molar-refractivity contribution in [1.82, 2.24) is 5.32 Å². The topological polar surface area (TPSA) is 73.9 Å². The molecule has 0 saturated heterocycles. The van der Waals surface area contributed by atoms with Crippen molar-refractivity contribution in [3.63, 3.8) is 0 Å². The fourth-order valence-electron chi connectivity index (χ4n) is 3.87. The average Bonchev–Trinajstić information content (AvgIpc) is 2.91. The summed E-state index contributed by atoms with van der Waals surface area (Å²) in [4.78, 5) is 12.8. The van der Waals surface area contributed by atoms with E-state index in [2.05, 4.69) is 33.0 Å². The highest BCUT2D eigenvalue weighted by Crippen LogP contribution is 2.53. The zero-order valence-electron chi connectivity index (χ0n) is 23.1. The smallest absolute Gasteiger partial charge is 0.445 e. The maximum atomic E-state index is 14.5. The Morgan fingerprint density at radius 3 is 1.74 bits per heavy atom. The second-order valence-corrected chi connectivity index (χ2v) is 12.1. The molecule has 0 radical (unpaired) electrons. The third kappa shape index (κ3) is 8.66. The highest BCUT2D eigenvalue weighted by atomic mass is 31.2. The van der Waals surface area contributed by atoms with Gasteiger partial charge in [0.05, 0.1) is 0 Å². The van der Waals surface area contributed by atoms with Gasteiger partial charge in [-0.1, -0.05) is 102 Å². The average molecular weight is 538 g/mol. The van der Waals surface area contributed by atoms with Crippen LogP contribution in [0.1, 0.15) is 82.4 Å². The first-order valence-electron chi connectivity index (χ1n) is 13.4. The summed E-state index contributed by atoms with van der Waals surface area (Å²) < 4.78 is 32.1. The van der Waals surface area contributed by atoms with Gasteiger partial charge < -0.3 is 19.1 Å². The normalized spacial score (nSPS) is 12.3. The van der Waals surface area contributed by atoms with E-state index >= 15 is 0 Å². The molecule has 1 N–H and O–H groups in total. The van der Waals surface area contributed by atoms with Crippen molar-refractivity contribution in [2.24, 2.45) is 0 Å². The first-order chi connectivity index (χ1) is 18.2. The van der Waals surface area contributed by atoms with Crippen LogP contribution >= 0.6 is 7.60 Å². The van der Waals surface area contributed by atoms with Gasteiger partial charge in [0.2, 0.25) is 0 Å². The SMILES string of the molecule is CCCC[C@@H](NC(=O)OCc1ccccc1)P(=O)(Oc1ccc(C(C)C)cc1)Oc1ccc(C(C)C)cc1. The van der Waals surface area contributed by atoms with Crippen molar-refractivity contribution in [3.05, 3.63) is 95.6 Å². The number of nitrogens with one attached hydrogen (secondary N) is 1. The molecule has 3 rings (SSSR count). The summed E-state index contributed by atoms with van der Waals surface area (Å²) in [5.74, 6) is 0.630. The van der Waals surface area contributed by atoms with Crippen molar-refractivity contribution >= 4 is 13.7 Å². The van der Waals surface area contributed by atoms with Crippen molar-refractivity contribution in [2.45, 2.75) is 78.1 Å². The Hall–Kier alpha value is -3.24. The molecular weight excluding hydrogens is 497 g/mol. The van der Waals surface area contributed by atoms with Crippen molar-refractivity contribution < 1.29 is 23.1 Å². The number of carbonyl (C=O) groups excluding carboxylic acids is 1. The number of rotatable bonds is 13. The molecule has 0 unspecified atom stereocenters. The van der Waals surface area contributed by atoms with Crippen LogP contribution in [0.2, 0.25) is 0 Å². The first-order valence-corrected chi connectivity index (χ1v) is 15.0. The Bertz CT molecular complexity index is 1120. The van der Waals surface area contributed by atoms with Gasteiger partial charge >= 0.3 is 13.7 Å². The summed E-state index contributed by atoms with van der Waals surface area (Å²) in [6, 6.07) is 24.4. The van der Waals surface area contributed by atoms with E-state index in [1.807, 2.05) is 61.5 Å². The molecule has 1 atom stereocenters. The van der Waals surface area contributed by atoms with Gasteiger partial charge in [0.1, 0.15) is 18.1 Å². The van der Waals surface area contributed by atoms with Crippen molar-refractivity contribution in [1.29, 1.82) is 0 Å². The fourth-order valence-corrected chi connectivity index (χ4v) is 5.76. The number of hydrogen-bond donors (Lipinski definition) is 1. The summed E-state index contributed by atoms with van der Waals surface area (Å²) in [7, 11) is -3.94. The Labute approximate surface area is 227 Å². The second-order valence-electron chi connectivity index (χ2n) is 10.0. The fraction of sp³-hybridized carbons (Fsp3) is 0.387. The predicted octanol–water partition coefficient (Wildman–Crippen LogP) is 9.03.